The lowest BCUT2D eigenvalue weighted by Gasteiger charge is -2.28. The second-order valence-corrected chi connectivity index (χ2v) is 7.41. The van der Waals surface area contributed by atoms with Crippen molar-refractivity contribution in [3.63, 3.8) is 0 Å². The number of halogens is 1. The lowest BCUT2D eigenvalue weighted by Crippen LogP contribution is -3.14. The summed E-state index contributed by atoms with van der Waals surface area (Å²) in [6.07, 6.45) is 0. The molecule has 3 N–H and O–H groups in total. The fourth-order valence-electron chi connectivity index (χ4n) is 3.22. The molecule has 1 unspecified atom stereocenters. The minimum absolute atomic E-state index is 0.108. The quantitative estimate of drug-likeness (QED) is 0.634. The van der Waals surface area contributed by atoms with E-state index in [2.05, 4.69) is 15.5 Å². The van der Waals surface area contributed by atoms with Crippen molar-refractivity contribution in [2.24, 2.45) is 0 Å². The highest BCUT2D eigenvalue weighted by Crippen LogP contribution is 2.19. The molecule has 30 heavy (non-hydrogen) atoms. The SMILES string of the molecule is C[C@H](C(=O)Nc1ccccc1F)[NH+](C)CC(=O)Nc1ccc(N2CCOCC2)cc1. The first kappa shape index (κ1) is 21.7. The van der Waals surface area contributed by atoms with Crippen LogP contribution in [0.2, 0.25) is 0 Å². The normalized spacial score (nSPS) is 15.9. The molecule has 2 aromatic carbocycles. The predicted molar refractivity (Wildman–Crippen MR) is 114 cm³/mol. The molecule has 0 aromatic heterocycles. The third-order valence-electron chi connectivity index (χ3n) is 5.23. The highest BCUT2D eigenvalue weighted by molar-refractivity contribution is 5.94. The van der Waals surface area contributed by atoms with Crippen LogP contribution in [0.4, 0.5) is 21.5 Å². The largest absolute Gasteiger partial charge is 0.378 e. The van der Waals surface area contributed by atoms with Crippen molar-refractivity contribution in [2.75, 3.05) is 55.4 Å². The van der Waals surface area contributed by atoms with Gasteiger partial charge in [0.1, 0.15) is 5.82 Å². The minimum Gasteiger partial charge on any atom is -0.378 e. The molecule has 1 heterocycles. The van der Waals surface area contributed by atoms with Gasteiger partial charge in [-0.3, -0.25) is 9.59 Å². The van der Waals surface area contributed by atoms with E-state index in [-0.39, 0.29) is 24.0 Å². The Bertz CT molecular complexity index is 869. The molecular formula is C22H28FN4O3+. The van der Waals surface area contributed by atoms with Gasteiger partial charge in [0.2, 0.25) is 0 Å². The number of nitrogens with one attached hydrogen (secondary N) is 3. The highest BCUT2D eigenvalue weighted by atomic mass is 19.1. The Balaban J connectivity index is 1.49. The maximum atomic E-state index is 13.7. The molecular weight excluding hydrogens is 387 g/mol. The van der Waals surface area contributed by atoms with E-state index >= 15 is 0 Å². The number of benzene rings is 2. The van der Waals surface area contributed by atoms with Crippen LogP contribution in [0.5, 0.6) is 0 Å². The van der Waals surface area contributed by atoms with Crippen LogP contribution in [0.25, 0.3) is 0 Å². The Morgan fingerprint density at radius 2 is 1.77 bits per heavy atom. The van der Waals surface area contributed by atoms with Gasteiger partial charge in [0.25, 0.3) is 11.8 Å². The maximum absolute atomic E-state index is 13.7. The van der Waals surface area contributed by atoms with Crippen molar-refractivity contribution in [2.45, 2.75) is 13.0 Å². The lowest BCUT2D eigenvalue weighted by molar-refractivity contribution is -0.885. The summed E-state index contributed by atoms with van der Waals surface area (Å²) in [7, 11) is 1.76. The van der Waals surface area contributed by atoms with Crippen molar-refractivity contribution < 1.29 is 23.6 Å². The predicted octanol–water partition coefficient (Wildman–Crippen LogP) is 1.14. The summed E-state index contributed by atoms with van der Waals surface area (Å²) in [4.78, 5) is 27.7. The Morgan fingerprint density at radius 1 is 1.10 bits per heavy atom. The van der Waals surface area contributed by atoms with Gasteiger partial charge in [0.15, 0.2) is 12.6 Å². The van der Waals surface area contributed by atoms with Crippen LogP contribution in [0.3, 0.4) is 0 Å². The number of amides is 2. The van der Waals surface area contributed by atoms with Crippen LogP contribution in [-0.4, -0.2) is 57.8 Å². The molecule has 1 saturated heterocycles. The third-order valence-corrected chi connectivity index (χ3v) is 5.23. The van der Waals surface area contributed by atoms with Crippen LogP contribution in [0, 0.1) is 5.82 Å². The molecule has 0 radical (unpaired) electrons. The first-order valence-electron chi connectivity index (χ1n) is 10.0. The van der Waals surface area contributed by atoms with E-state index in [0.29, 0.717) is 10.6 Å². The lowest BCUT2D eigenvalue weighted by atomic mass is 10.2. The van der Waals surface area contributed by atoms with E-state index in [1.54, 1.807) is 26.1 Å². The molecule has 3 rings (SSSR count). The molecule has 2 atom stereocenters. The number of hydrogen-bond donors (Lipinski definition) is 3. The third kappa shape index (κ3) is 5.77. The number of likely N-dealkylation sites (N-methyl/N-ethyl adjacent to an activating group) is 1. The Morgan fingerprint density at radius 3 is 2.43 bits per heavy atom. The molecule has 0 spiro atoms. The zero-order valence-electron chi connectivity index (χ0n) is 17.3. The molecule has 160 valence electrons. The van der Waals surface area contributed by atoms with Gasteiger partial charge >= 0.3 is 0 Å². The Labute approximate surface area is 175 Å². The molecule has 1 aliphatic heterocycles. The van der Waals surface area contributed by atoms with Crippen molar-refractivity contribution >= 4 is 28.9 Å². The van der Waals surface area contributed by atoms with Gasteiger partial charge in [-0.05, 0) is 43.3 Å². The Hall–Kier alpha value is -2.97. The van der Waals surface area contributed by atoms with Crippen LogP contribution in [-0.2, 0) is 14.3 Å². The van der Waals surface area contributed by atoms with Crippen LogP contribution in [0.15, 0.2) is 48.5 Å². The van der Waals surface area contributed by atoms with Gasteiger partial charge in [0, 0.05) is 24.5 Å². The number of nitrogens with zero attached hydrogens (tertiary/aromatic N) is 1. The van der Waals surface area contributed by atoms with Crippen molar-refractivity contribution in [1.82, 2.24) is 0 Å². The standard InChI is InChI=1S/C22H27FN4O3/c1-16(22(29)25-20-6-4-3-5-19(20)23)26(2)15-21(28)24-17-7-9-18(10-8-17)27-11-13-30-14-12-27/h3-10,16H,11-15H2,1-2H3,(H,24,28)(H,25,29)/p+1/t16-/m1/s1. The summed E-state index contributed by atoms with van der Waals surface area (Å²) >= 11 is 0. The number of morpholine rings is 1. The van der Waals surface area contributed by atoms with Gasteiger partial charge < -0.3 is 25.2 Å². The average molecular weight is 415 g/mol. The summed E-state index contributed by atoms with van der Waals surface area (Å²) < 4.78 is 19.1. The summed E-state index contributed by atoms with van der Waals surface area (Å²) in [6.45, 7) is 4.96. The zero-order chi connectivity index (χ0) is 21.5. The van der Waals surface area contributed by atoms with Gasteiger partial charge in [0.05, 0.1) is 25.9 Å². The van der Waals surface area contributed by atoms with Gasteiger partial charge in [-0.15, -0.1) is 0 Å². The van der Waals surface area contributed by atoms with E-state index < -0.39 is 11.9 Å². The summed E-state index contributed by atoms with van der Waals surface area (Å²) in [5.74, 6) is -1.04. The van der Waals surface area contributed by atoms with E-state index in [9.17, 15) is 14.0 Å². The summed E-state index contributed by atoms with van der Waals surface area (Å²) in [5.41, 5.74) is 1.93. The van der Waals surface area contributed by atoms with Crippen molar-refractivity contribution in [1.29, 1.82) is 0 Å². The van der Waals surface area contributed by atoms with E-state index in [0.717, 1.165) is 32.0 Å². The molecule has 1 aliphatic rings. The number of carbonyl (C=O) groups excluding carboxylic acids is 2. The number of carbonyl (C=O) groups is 2. The number of rotatable bonds is 7. The topological polar surface area (TPSA) is 75.1 Å². The first-order chi connectivity index (χ1) is 14.4. The minimum atomic E-state index is -0.529. The molecule has 0 aliphatic carbocycles. The van der Waals surface area contributed by atoms with Crippen LogP contribution < -0.4 is 20.4 Å². The number of hydrogen-bond acceptors (Lipinski definition) is 4. The van der Waals surface area contributed by atoms with E-state index in [1.165, 1.54) is 12.1 Å². The molecule has 1 fully saturated rings. The molecule has 0 saturated carbocycles. The molecule has 0 bridgehead atoms. The molecule has 2 amide bonds. The van der Waals surface area contributed by atoms with E-state index in [1.807, 2.05) is 24.3 Å². The van der Waals surface area contributed by atoms with E-state index in [4.69, 9.17) is 4.74 Å². The highest BCUT2D eigenvalue weighted by Gasteiger charge is 2.24. The fraction of sp³-hybridized carbons (Fsp3) is 0.364. The van der Waals surface area contributed by atoms with Crippen LogP contribution >= 0.6 is 0 Å². The second-order valence-electron chi connectivity index (χ2n) is 7.41. The molecule has 7 nitrogen and oxygen atoms in total. The first-order valence-corrected chi connectivity index (χ1v) is 10.0. The number of anilines is 3. The Kier molecular flexibility index (Phi) is 7.37. The number of para-hydroxylation sites is 1. The summed E-state index contributed by atoms with van der Waals surface area (Å²) in [5, 5.41) is 5.43. The average Bonchev–Trinajstić information content (AvgIpc) is 2.75. The van der Waals surface area contributed by atoms with Crippen LogP contribution in [0.1, 0.15) is 6.92 Å². The van der Waals surface area contributed by atoms with Gasteiger partial charge in [-0.1, -0.05) is 12.1 Å². The molecule has 2 aromatic rings. The molecule has 8 heteroatoms. The van der Waals surface area contributed by atoms with Gasteiger partial charge in [-0.2, -0.15) is 0 Å². The summed E-state index contributed by atoms with van der Waals surface area (Å²) in [6, 6.07) is 13.2. The zero-order valence-corrected chi connectivity index (χ0v) is 17.3. The maximum Gasteiger partial charge on any atom is 0.282 e. The van der Waals surface area contributed by atoms with Crippen molar-refractivity contribution in [3.8, 4) is 0 Å². The number of quaternary nitrogens is 1. The second kappa shape index (κ2) is 10.2. The monoisotopic (exact) mass is 415 g/mol. The number of ether oxygens (including phenoxy) is 1. The smallest absolute Gasteiger partial charge is 0.282 e. The van der Waals surface area contributed by atoms with Crippen molar-refractivity contribution in [3.05, 3.63) is 54.3 Å². The fourth-order valence-corrected chi connectivity index (χ4v) is 3.22. The van der Waals surface area contributed by atoms with Gasteiger partial charge in [-0.25, -0.2) is 4.39 Å².